The van der Waals surface area contributed by atoms with E-state index in [9.17, 15) is 0 Å². The van der Waals surface area contributed by atoms with E-state index in [-0.39, 0.29) is 0 Å². The number of unbranched alkanes of at least 4 members (excludes halogenated alkanes) is 2. The highest BCUT2D eigenvalue weighted by atomic mass is 14.4. The fourth-order valence-corrected chi connectivity index (χ4v) is 5.60. The number of hydrogen-bond donors (Lipinski definition) is 0. The lowest BCUT2D eigenvalue weighted by Crippen LogP contribution is -2.26. The first-order valence-electron chi connectivity index (χ1n) is 11.4. The van der Waals surface area contributed by atoms with Gasteiger partial charge in [0, 0.05) is 0 Å². The first-order valence-corrected chi connectivity index (χ1v) is 11.4. The highest BCUT2D eigenvalue weighted by Gasteiger charge is 2.30. The Morgan fingerprint density at radius 2 is 1.24 bits per heavy atom. The molecule has 1 aromatic carbocycles. The zero-order valence-corrected chi connectivity index (χ0v) is 16.6. The zero-order chi connectivity index (χ0) is 17.3. The Balaban J connectivity index is 1.31. The molecule has 2 aliphatic rings. The Labute approximate surface area is 156 Å². The smallest absolute Gasteiger partial charge is 0.0276 e. The van der Waals surface area contributed by atoms with Crippen LogP contribution in [0.25, 0.3) is 0 Å². The minimum atomic E-state index is 1.00. The van der Waals surface area contributed by atoms with E-state index in [2.05, 4.69) is 37.3 Å². The van der Waals surface area contributed by atoms with Crippen molar-refractivity contribution in [2.75, 3.05) is 0 Å². The monoisotopic (exact) mass is 340 g/mol. The summed E-state index contributed by atoms with van der Waals surface area (Å²) >= 11 is 0. The quantitative estimate of drug-likeness (QED) is 0.423. The third kappa shape index (κ3) is 6.15. The molecule has 0 spiro atoms. The lowest BCUT2D eigenvalue weighted by Gasteiger charge is -2.38. The Morgan fingerprint density at radius 3 is 1.80 bits per heavy atom. The van der Waals surface area contributed by atoms with Gasteiger partial charge in [-0.1, -0.05) is 88.6 Å². The predicted octanol–water partition coefficient (Wildman–Crippen LogP) is 7.81. The van der Waals surface area contributed by atoms with Gasteiger partial charge in [0.25, 0.3) is 0 Å². The molecule has 0 unspecified atom stereocenters. The van der Waals surface area contributed by atoms with Crippen molar-refractivity contribution >= 4 is 0 Å². The molecule has 3 rings (SSSR count). The Kier molecular flexibility index (Phi) is 7.89. The summed E-state index contributed by atoms with van der Waals surface area (Å²) in [5.41, 5.74) is 1.53. The molecule has 0 amide bonds. The molecular formula is C25H40. The van der Waals surface area contributed by atoms with Crippen LogP contribution >= 0.6 is 0 Å². The van der Waals surface area contributed by atoms with E-state index in [0.29, 0.717) is 0 Å². The molecule has 0 atom stereocenters. The lowest BCUT2D eigenvalue weighted by atomic mass is 9.68. The maximum absolute atomic E-state index is 2.33. The van der Waals surface area contributed by atoms with Crippen molar-refractivity contribution in [3.05, 3.63) is 35.9 Å². The molecule has 2 fully saturated rings. The average Bonchev–Trinajstić information content (AvgIpc) is 2.68. The molecule has 0 heterocycles. The molecule has 140 valence electrons. The van der Waals surface area contributed by atoms with Crippen LogP contribution < -0.4 is 0 Å². The van der Waals surface area contributed by atoms with Crippen LogP contribution in [-0.4, -0.2) is 0 Å². The SMILES string of the molecule is CCCCC[C@H]1CC[C@H]([C@H]2CC[C@H](CCc3ccccc3)CC2)CC1. The summed E-state index contributed by atoms with van der Waals surface area (Å²) < 4.78 is 0. The third-order valence-electron chi connectivity index (χ3n) is 7.35. The van der Waals surface area contributed by atoms with Crippen LogP contribution in [0.4, 0.5) is 0 Å². The molecule has 0 heteroatoms. The van der Waals surface area contributed by atoms with E-state index >= 15 is 0 Å². The second kappa shape index (κ2) is 10.4. The molecule has 0 aromatic heterocycles. The van der Waals surface area contributed by atoms with Crippen LogP contribution in [-0.2, 0) is 6.42 Å². The summed E-state index contributed by atoms with van der Waals surface area (Å²) in [7, 11) is 0. The molecule has 0 N–H and O–H groups in total. The fraction of sp³-hybridized carbons (Fsp3) is 0.760. The highest BCUT2D eigenvalue weighted by Crippen LogP contribution is 2.43. The van der Waals surface area contributed by atoms with Crippen molar-refractivity contribution in [3.8, 4) is 0 Å². The van der Waals surface area contributed by atoms with Gasteiger partial charge in [-0.15, -0.1) is 0 Å². The Bertz CT molecular complexity index is 446. The van der Waals surface area contributed by atoms with Gasteiger partial charge in [0.15, 0.2) is 0 Å². The van der Waals surface area contributed by atoms with Crippen molar-refractivity contribution in [1.82, 2.24) is 0 Å². The van der Waals surface area contributed by atoms with Crippen LogP contribution in [0.5, 0.6) is 0 Å². The standard InChI is InChI=1S/C25H40/c1-2-3-5-8-22-13-17-24(18-14-22)25-19-15-23(16-20-25)12-11-21-9-6-4-7-10-21/h4,6-7,9-10,22-25H,2-3,5,8,11-20H2,1H3/t22-,23-,24-,25-. The second-order valence-electron chi connectivity index (χ2n) is 9.08. The summed E-state index contributed by atoms with van der Waals surface area (Å²) in [5, 5.41) is 0. The van der Waals surface area contributed by atoms with Gasteiger partial charge in [0.2, 0.25) is 0 Å². The summed E-state index contributed by atoms with van der Waals surface area (Å²) in [6.07, 6.45) is 20.8. The molecule has 0 nitrogen and oxygen atoms in total. The molecule has 0 saturated heterocycles. The van der Waals surface area contributed by atoms with Gasteiger partial charge in [-0.3, -0.25) is 0 Å². The van der Waals surface area contributed by atoms with Gasteiger partial charge >= 0.3 is 0 Å². The van der Waals surface area contributed by atoms with Gasteiger partial charge in [-0.05, 0) is 67.8 Å². The highest BCUT2D eigenvalue weighted by molar-refractivity contribution is 5.14. The summed E-state index contributed by atoms with van der Waals surface area (Å²) in [6.45, 7) is 2.33. The van der Waals surface area contributed by atoms with Crippen LogP contribution in [0.1, 0.15) is 96.0 Å². The van der Waals surface area contributed by atoms with Crippen LogP contribution in [0.15, 0.2) is 30.3 Å². The number of hydrogen-bond acceptors (Lipinski definition) is 0. The normalized spacial score (nSPS) is 30.3. The van der Waals surface area contributed by atoms with Gasteiger partial charge in [-0.2, -0.15) is 0 Å². The minimum absolute atomic E-state index is 1.00. The van der Waals surface area contributed by atoms with Crippen molar-refractivity contribution in [3.63, 3.8) is 0 Å². The van der Waals surface area contributed by atoms with Crippen LogP contribution in [0.3, 0.4) is 0 Å². The Hall–Kier alpha value is -0.780. The summed E-state index contributed by atoms with van der Waals surface area (Å²) in [4.78, 5) is 0. The first kappa shape index (κ1) is 19.0. The summed E-state index contributed by atoms with van der Waals surface area (Å²) in [6, 6.07) is 11.1. The molecular weight excluding hydrogens is 300 g/mol. The maximum atomic E-state index is 2.33. The van der Waals surface area contributed by atoms with Crippen LogP contribution in [0.2, 0.25) is 0 Å². The molecule has 0 bridgehead atoms. The van der Waals surface area contributed by atoms with Gasteiger partial charge < -0.3 is 0 Å². The van der Waals surface area contributed by atoms with Crippen molar-refractivity contribution in [2.45, 2.75) is 96.8 Å². The van der Waals surface area contributed by atoms with E-state index in [1.165, 1.54) is 69.8 Å². The first-order chi connectivity index (χ1) is 12.3. The summed E-state index contributed by atoms with van der Waals surface area (Å²) in [5.74, 6) is 4.23. The van der Waals surface area contributed by atoms with E-state index in [4.69, 9.17) is 0 Å². The predicted molar refractivity (Wildman–Crippen MR) is 110 cm³/mol. The van der Waals surface area contributed by atoms with E-state index in [1.54, 1.807) is 25.7 Å². The number of rotatable bonds is 8. The maximum Gasteiger partial charge on any atom is -0.0276 e. The molecule has 0 aliphatic heterocycles. The van der Waals surface area contributed by atoms with Crippen LogP contribution in [0, 0.1) is 23.7 Å². The average molecular weight is 341 g/mol. The minimum Gasteiger partial charge on any atom is -0.0654 e. The van der Waals surface area contributed by atoms with E-state index in [1.807, 2.05) is 0 Å². The number of benzene rings is 1. The third-order valence-corrected chi connectivity index (χ3v) is 7.35. The largest absolute Gasteiger partial charge is 0.0654 e. The number of aryl methyl sites for hydroxylation is 1. The molecule has 25 heavy (non-hydrogen) atoms. The van der Waals surface area contributed by atoms with E-state index in [0.717, 1.165) is 23.7 Å². The van der Waals surface area contributed by atoms with Crippen molar-refractivity contribution in [1.29, 1.82) is 0 Å². The second-order valence-corrected chi connectivity index (χ2v) is 9.08. The molecule has 0 radical (unpaired) electrons. The molecule has 2 aliphatic carbocycles. The van der Waals surface area contributed by atoms with E-state index < -0.39 is 0 Å². The van der Waals surface area contributed by atoms with Crippen molar-refractivity contribution in [2.24, 2.45) is 23.7 Å². The van der Waals surface area contributed by atoms with Gasteiger partial charge in [0.1, 0.15) is 0 Å². The topological polar surface area (TPSA) is 0 Å². The van der Waals surface area contributed by atoms with Gasteiger partial charge in [-0.25, -0.2) is 0 Å². The van der Waals surface area contributed by atoms with Crippen molar-refractivity contribution < 1.29 is 0 Å². The zero-order valence-electron chi connectivity index (χ0n) is 16.6. The molecule has 2 saturated carbocycles. The lowest BCUT2D eigenvalue weighted by molar-refractivity contribution is 0.140. The molecule has 1 aromatic rings. The Morgan fingerprint density at radius 1 is 0.680 bits per heavy atom. The van der Waals surface area contributed by atoms with Gasteiger partial charge in [0.05, 0.1) is 0 Å². The fourth-order valence-electron chi connectivity index (χ4n) is 5.60.